The van der Waals surface area contributed by atoms with Crippen molar-refractivity contribution >= 4 is 31.2 Å². The number of nitrogens with one attached hydrogen (secondary N) is 1. The van der Waals surface area contributed by atoms with Crippen LogP contribution in [0.1, 0.15) is 34.3 Å². The molecule has 2 saturated heterocycles. The van der Waals surface area contributed by atoms with E-state index in [0.29, 0.717) is 57.7 Å². The summed E-state index contributed by atoms with van der Waals surface area (Å²) in [6.45, 7) is 3.03. The zero-order valence-corrected chi connectivity index (χ0v) is 17.3. The number of likely N-dealkylation sites (tertiary alicyclic amines) is 1. The topological polar surface area (TPSA) is 99.2 Å². The molecule has 9 heteroatoms. The van der Waals surface area contributed by atoms with Crippen molar-refractivity contribution in [3.8, 4) is 0 Å². The monoisotopic (exact) mass is 421 g/mol. The molecule has 2 aliphatic heterocycles. The van der Waals surface area contributed by atoms with Crippen LogP contribution in [0.2, 0.25) is 0 Å². The molecule has 0 bridgehead atoms. The Balaban J connectivity index is 0.00000240. The number of carbonyl (C=O) groups excluding carboxylic acids is 3. The number of ether oxygens (including phenoxy) is 1. The van der Waals surface area contributed by atoms with Gasteiger partial charge in [0, 0.05) is 25.2 Å². The highest BCUT2D eigenvalue weighted by Gasteiger charge is 2.48. The van der Waals surface area contributed by atoms with Crippen molar-refractivity contribution in [1.29, 1.82) is 0 Å². The van der Waals surface area contributed by atoms with Crippen molar-refractivity contribution in [2.24, 2.45) is 5.41 Å². The van der Waals surface area contributed by atoms with Gasteiger partial charge < -0.3 is 14.5 Å². The Morgan fingerprint density at radius 1 is 1.14 bits per heavy atom. The van der Waals surface area contributed by atoms with Gasteiger partial charge in [-0.15, -0.1) is 0 Å². The van der Waals surface area contributed by atoms with E-state index in [1.807, 2.05) is 6.07 Å². The van der Waals surface area contributed by atoms with E-state index in [0.717, 1.165) is 17.5 Å². The summed E-state index contributed by atoms with van der Waals surface area (Å²) < 4.78 is 5.28. The van der Waals surface area contributed by atoms with Crippen LogP contribution in [0.5, 0.6) is 0 Å². The van der Waals surface area contributed by atoms with Gasteiger partial charge in [-0.25, -0.2) is 5.48 Å². The van der Waals surface area contributed by atoms with E-state index in [1.54, 1.807) is 27.4 Å². The molecule has 0 aromatic heterocycles. The van der Waals surface area contributed by atoms with Crippen LogP contribution in [0.25, 0.3) is 0 Å². The number of morpholine rings is 1. The third kappa shape index (κ3) is 4.12. The van der Waals surface area contributed by atoms with Crippen LogP contribution in [0.3, 0.4) is 0 Å². The van der Waals surface area contributed by atoms with E-state index in [-0.39, 0.29) is 31.9 Å². The number of benzene rings is 1. The van der Waals surface area contributed by atoms with Crippen molar-refractivity contribution < 1.29 is 24.3 Å². The summed E-state index contributed by atoms with van der Waals surface area (Å²) >= 11 is 0. The molecule has 3 aliphatic rings. The number of nitrogens with zero attached hydrogens (tertiary/aromatic N) is 2. The summed E-state index contributed by atoms with van der Waals surface area (Å²) in [5, 5.41) is 8.80. The average molecular weight is 422 g/mol. The van der Waals surface area contributed by atoms with Crippen LogP contribution in [0.15, 0.2) is 18.2 Å². The number of fused-ring (bicyclic) bond motifs is 1. The standard InChI is InChI=1S/C20H25N3O5.H2S/c24-17(22-7-9-28-10-8-22)13-23-6-5-20(19(23)26)4-3-14-11-15(18(25)21-27)1-2-16(14)12-20;/h1-2,11,27H,3-10,12-13H2,(H,21,25);1H2/t20-;/m1./s1. The lowest BCUT2D eigenvalue weighted by Crippen LogP contribution is -2.47. The van der Waals surface area contributed by atoms with E-state index in [4.69, 9.17) is 9.94 Å². The van der Waals surface area contributed by atoms with E-state index in [2.05, 4.69) is 0 Å². The zero-order valence-electron chi connectivity index (χ0n) is 16.3. The minimum absolute atomic E-state index is 0. The first kappa shape index (κ1) is 21.6. The molecular formula is C20H27N3O5S. The highest BCUT2D eigenvalue weighted by molar-refractivity contribution is 7.59. The fraction of sp³-hybridized carbons (Fsp3) is 0.550. The fourth-order valence-corrected chi connectivity index (χ4v) is 4.58. The molecule has 1 atom stereocenters. The van der Waals surface area contributed by atoms with E-state index in [9.17, 15) is 14.4 Å². The van der Waals surface area contributed by atoms with Gasteiger partial charge in [-0.2, -0.15) is 13.5 Å². The van der Waals surface area contributed by atoms with Gasteiger partial charge in [-0.1, -0.05) is 6.07 Å². The third-order valence-corrected chi connectivity index (χ3v) is 6.26. The largest absolute Gasteiger partial charge is 0.378 e. The number of hydrogen-bond donors (Lipinski definition) is 2. The minimum Gasteiger partial charge on any atom is -0.378 e. The SMILES string of the molecule is O=C(NO)c1ccc2c(c1)CC[C@@]1(CCN(CC(=O)N3CCOCC3)C1=O)C2.S. The van der Waals surface area contributed by atoms with Gasteiger partial charge in [0.1, 0.15) is 0 Å². The quantitative estimate of drug-likeness (QED) is 0.547. The molecule has 1 spiro atoms. The molecule has 0 radical (unpaired) electrons. The smallest absolute Gasteiger partial charge is 0.274 e. The van der Waals surface area contributed by atoms with Crippen LogP contribution in [0, 0.1) is 5.41 Å². The molecule has 1 aromatic carbocycles. The number of rotatable bonds is 3. The number of hydrogen-bond acceptors (Lipinski definition) is 5. The fourth-order valence-electron chi connectivity index (χ4n) is 4.58. The van der Waals surface area contributed by atoms with E-state index in [1.165, 1.54) is 0 Å². The Kier molecular flexibility index (Phi) is 6.50. The van der Waals surface area contributed by atoms with Crippen molar-refractivity contribution in [3.05, 3.63) is 34.9 Å². The molecule has 2 fully saturated rings. The second-order valence-corrected chi connectivity index (χ2v) is 7.85. The lowest BCUT2D eigenvalue weighted by molar-refractivity contribution is -0.144. The Morgan fingerprint density at radius 2 is 1.90 bits per heavy atom. The van der Waals surface area contributed by atoms with E-state index < -0.39 is 11.3 Å². The molecule has 8 nitrogen and oxygen atoms in total. The second-order valence-electron chi connectivity index (χ2n) is 7.85. The summed E-state index contributed by atoms with van der Waals surface area (Å²) in [6, 6.07) is 5.32. The predicted molar refractivity (Wildman–Crippen MR) is 109 cm³/mol. The maximum atomic E-state index is 13.2. The summed E-state index contributed by atoms with van der Waals surface area (Å²) in [6.07, 6.45) is 2.80. The van der Waals surface area contributed by atoms with Gasteiger partial charge in [0.15, 0.2) is 0 Å². The molecule has 2 N–H and O–H groups in total. The van der Waals surface area contributed by atoms with Crippen LogP contribution in [0.4, 0.5) is 0 Å². The molecule has 1 aromatic rings. The first-order valence-corrected chi connectivity index (χ1v) is 9.73. The average Bonchev–Trinajstić information content (AvgIpc) is 3.03. The molecule has 4 rings (SSSR count). The molecular weight excluding hydrogens is 394 g/mol. The van der Waals surface area contributed by atoms with Gasteiger partial charge in [-0.05, 0) is 48.9 Å². The first-order valence-electron chi connectivity index (χ1n) is 9.73. The summed E-state index contributed by atoms with van der Waals surface area (Å²) in [5.41, 5.74) is 3.72. The summed E-state index contributed by atoms with van der Waals surface area (Å²) in [7, 11) is 0. The number of hydroxylamine groups is 1. The molecule has 0 saturated carbocycles. The number of aryl methyl sites for hydroxylation is 1. The predicted octanol–water partition coefficient (Wildman–Crippen LogP) is 0.485. The van der Waals surface area contributed by atoms with Gasteiger partial charge in [0.25, 0.3) is 5.91 Å². The van der Waals surface area contributed by atoms with Crippen molar-refractivity contribution in [3.63, 3.8) is 0 Å². The normalized spacial score (nSPS) is 23.6. The van der Waals surface area contributed by atoms with Gasteiger partial charge in [-0.3, -0.25) is 19.6 Å². The summed E-state index contributed by atoms with van der Waals surface area (Å²) in [5.74, 6) is -0.477. The summed E-state index contributed by atoms with van der Waals surface area (Å²) in [4.78, 5) is 40.8. The lowest BCUT2D eigenvalue weighted by Gasteiger charge is -2.34. The van der Waals surface area contributed by atoms with Gasteiger partial charge in [0.05, 0.1) is 25.2 Å². The Hall–Kier alpha value is -2.10. The Morgan fingerprint density at radius 3 is 2.62 bits per heavy atom. The molecule has 3 amide bonds. The Labute approximate surface area is 176 Å². The van der Waals surface area contributed by atoms with Crippen LogP contribution < -0.4 is 5.48 Å². The van der Waals surface area contributed by atoms with Gasteiger partial charge in [0.2, 0.25) is 11.8 Å². The van der Waals surface area contributed by atoms with Crippen LogP contribution >= 0.6 is 13.5 Å². The lowest BCUT2D eigenvalue weighted by atomic mass is 9.70. The number of carbonyl (C=O) groups is 3. The maximum absolute atomic E-state index is 13.2. The maximum Gasteiger partial charge on any atom is 0.274 e. The zero-order chi connectivity index (χ0) is 19.7. The highest BCUT2D eigenvalue weighted by Crippen LogP contribution is 2.43. The first-order chi connectivity index (χ1) is 13.5. The Bertz CT molecular complexity index is 811. The molecule has 1 aliphatic carbocycles. The van der Waals surface area contributed by atoms with Gasteiger partial charge >= 0.3 is 0 Å². The third-order valence-electron chi connectivity index (χ3n) is 6.26. The molecule has 29 heavy (non-hydrogen) atoms. The molecule has 158 valence electrons. The highest BCUT2D eigenvalue weighted by atomic mass is 32.1. The van der Waals surface area contributed by atoms with Crippen LogP contribution in [-0.2, 0) is 27.2 Å². The minimum atomic E-state index is -0.534. The van der Waals surface area contributed by atoms with Crippen molar-refractivity contribution in [2.75, 3.05) is 39.4 Å². The van der Waals surface area contributed by atoms with Crippen LogP contribution in [-0.4, -0.2) is 72.1 Å². The van der Waals surface area contributed by atoms with E-state index >= 15 is 0 Å². The molecule has 0 unspecified atom stereocenters. The van der Waals surface area contributed by atoms with Crippen molar-refractivity contribution in [1.82, 2.24) is 15.3 Å². The number of amides is 3. The molecule has 2 heterocycles. The van der Waals surface area contributed by atoms with Crippen molar-refractivity contribution in [2.45, 2.75) is 25.7 Å². The second kappa shape index (κ2) is 8.73.